The predicted molar refractivity (Wildman–Crippen MR) is 99.2 cm³/mol. The standard InChI is InChI=1S/C21H27N3/c1-16-6-7-19(15-22-16)18-9-8-17-4-3-5-21(20(17)14-18)24-12-10-23(2)11-13-24/h6-9,14-15,21H,3-5,10-13H2,1-2H3. The normalized spacial score (nSPS) is 22.3. The molecule has 24 heavy (non-hydrogen) atoms. The van der Waals surface area contributed by atoms with Crippen LogP contribution in [0.25, 0.3) is 11.1 Å². The highest BCUT2D eigenvalue weighted by Gasteiger charge is 2.28. The number of fused-ring (bicyclic) bond motifs is 1. The fraction of sp³-hybridized carbons (Fsp3) is 0.476. The number of benzene rings is 1. The van der Waals surface area contributed by atoms with Crippen molar-refractivity contribution < 1.29 is 0 Å². The number of likely N-dealkylation sites (N-methyl/N-ethyl adjacent to an activating group) is 1. The van der Waals surface area contributed by atoms with Gasteiger partial charge in [-0.05, 0) is 62.1 Å². The highest BCUT2D eigenvalue weighted by molar-refractivity contribution is 5.64. The van der Waals surface area contributed by atoms with Crippen LogP contribution in [0.4, 0.5) is 0 Å². The van der Waals surface area contributed by atoms with Gasteiger partial charge in [-0.1, -0.05) is 18.2 Å². The van der Waals surface area contributed by atoms with E-state index < -0.39 is 0 Å². The second-order valence-electron chi connectivity index (χ2n) is 7.35. The van der Waals surface area contributed by atoms with Crippen LogP contribution in [0.2, 0.25) is 0 Å². The van der Waals surface area contributed by atoms with Crippen molar-refractivity contribution in [1.29, 1.82) is 0 Å². The Kier molecular flexibility index (Phi) is 4.38. The smallest absolute Gasteiger partial charge is 0.0373 e. The molecule has 1 saturated heterocycles. The number of aryl methyl sites for hydroxylation is 2. The van der Waals surface area contributed by atoms with Crippen LogP contribution in [0.15, 0.2) is 36.5 Å². The zero-order valence-electron chi connectivity index (χ0n) is 14.8. The molecule has 2 aliphatic rings. The van der Waals surface area contributed by atoms with Gasteiger partial charge in [0.2, 0.25) is 0 Å². The lowest BCUT2D eigenvalue weighted by Gasteiger charge is -2.40. The van der Waals surface area contributed by atoms with Gasteiger partial charge in [-0.3, -0.25) is 9.88 Å². The third kappa shape index (κ3) is 3.11. The monoisotopic (exact) mass is 321 g/mol. The SMILES string of the molecule is Cc1ccc(-c2ccc3c(c2)C(N2CCN(C)CC2)CCC3)cn1. The molecule has 3 nitrogen and oxygen atoms in total. The highest BCUT2D eigenvalue weighted by Crippen LogP contribution is 2.37. The fourth-order valence-electron chi connectivity index (χ4n) is 4.11. The van der Waals surface area contributed by atoms with Gasteiger partial charge < -0.3 is 4.90 Å². The fourth-order valence-corrected chi connectivity index (χ4v) is 4.11. The van der Waals surface area contributed by atoms with E-state index in [4.69, 9.17) is 0 Å². The summed E-state index contributed by atoms with van der Waals surface area (Å²) in [4.78, 5) is 9.61. The Labute approximate surface area is 145 Å². The molecular formula is C21H27N3. The van der Waals surface area contributed by atoms with E-state index in [9.17, 15) is 0 Å². The molecule has 1 fully saturated rings. The van der Waals surface area contributed by atoms with Crippen LogP contribution in [-0.4, -0.2) is 48.0 Å². The van der Waals surface area contributed by atoms with Crippen molar-refractivity contribution in [2.75, 3.05) is 33.2 Å². The second-order valence-corrected chi connectivity index (χ2v) is 7.35. The number of rotatable bonds is 2. The molecule has 2 heterocycles. The molecule has 0 amide bonds. The maximum atomic E-state index is 4.47. The van der Waals surface area contributed by atoms with E-state index in [0.717, 1.165) is 5.69 Å². The Morgan fingerprint density at radius 2 is 1.79 bits per heavy atom. The first-order valence-corrected chi connectivity index (χ1v) is 9.19. The molecule has 0 spiro atoms. The third-order valence-corrected chi connectivity index (χ3v) is 5.65. The Balaban J connectivity index is 1.65. The Morgan fingerprint density at radius 3 is 2.54 bits per heavy atom. The average molecular weight is 321 g/mol. The Bertz CT molecular complexity index is 700. The lowest BCUT2D eigenvalue weighted by molar-refractivity contribution is 0.102. The average Bonchev–Trinajstić information content (AvgIpc) is 2.62. The van der Waals surface area contributed by atoms with Crippen molar-refractivity contribution in [2.24, 2.45) is 0 Å². The van der Waals surface area contributed by atoms with Crippen molar-refractivity contribution in [1.82, 2.24) is 14.8 Å². The third-order valence-electron chi connectivity index (χ3n) is 5.65. The van der Waals surface area contributed by atoms with Gasteiger partial charge in [-0.15, -0.1) is 0 Å². The molecule has 0 saturated carbocycles. The predicted octanol–water partition coefficient (Wildman–Crippen LogP) is 3.68. The maximum Gasteiger partial charge on any atom is 0.0373 e. The van der Waals surface area contributed by atoms with Gasteiger partial charge >= 0.3 is 0 Å². The van der Waals surface area contributed by atoms with Gasteiger partial charge in [0.1, 0.15) is 0 Å². The number of hydrogen-bond donors (Lipinski definition) is 0. The van der Waals surface area contributed by atoms with Crippen LogP contribution in [-0.2, 0) is 6.42 Å². The Hall–Kier alpha value is -1.71. The van der Waals surface area contributed by atoms with Gasteiger partial charge in [0.15, 0.2) is 0 Å². The molecule has 0 radical (unpaired) electrons. The molecule has 1 aliphatic carbocycles. The maximum absolute atomic E-state index is 4.47. The summed E-state index contributed by atoms with van der Waals surface area (Å²) >= 11 is 0. The molecule has 126 valence electrons. The second kappa shape index (κ2) is 6.66. The molecule has 1 unspecified atom stereocenters. The van der Waals surface area contributed by atoms with E-state index in [2.05, 4.69) is 52.2 Å². The first kappa shape index (κ1) is 15.8. The molecule has 1 aliphatic heterocycles. The van der Waals surface area contributed by atoms with E-state index in [1.54, 1.807) is 11.1 Å². The molecular weight excluding hydrogens is 294 g/mol. The lowest BCUT2D eigenvalue weighted by atomic mass is 9.84. The van der Waals surface area contributed by atoms with Gasteiger partial charge in [-0.25, -0.2) is 0 Å². The minimum Gasteiger partial charge on any atom is -0.304 e. The van der Waals surface area contributed by atoms with E-state index in [-0.39, 0.29) is 0 Å². The van der Waals surface area contributed by atoms with Crippen LogP contribution in [0.5, 0.6) is 0 Å². The molecule has 0 bridgehead atoms. The summed E-state index contributed by atoms with van der Waals surface area (Å²) in [7, 11) is 2.23. The van der Waals surface area contributed by atoms with Crippen molar-refractivity contribution in [3.8, 4) is 11.1 Å². The van der Waals surface area contributed by atoms with Crippen LogP contribution in [0.3, 0.4) is 0 Å². The molecule has 2 aromatic rings. The molecule has 0 N–H and O–H groups in total. The summed E-state index contributed by atoms with van der Waals surface area (Å²) in [6.07, 6.45) is 5.85. The van der Waals surface area contributed by atoms with E-state index in [1.807, 2.05) is 13.1 Å². The van der Waals surface area contributed by atoms with Crippen LogP contribution in [0.1, 0.15) is 35.7 Å². The van der Waals surface area contributed by atoms with Crippen molar-refractivity contribution >= 4 is 0 Å². The number of piperazine rings is 1. The molecule has 1 aromatic carbocycles. The zero-order valence-corrected chi connectivity index (χ0v) is 14.8. The number of hydrogen-bond acceptors (Lipinski definition) is 3. The number of pyridine rings is 1. The minimum atomic E-state index is 0.598. The largest absolute Gasteiger partial charge is 0.304 e. The van der Waals surface area contributed by atoms with Crippen LogP contribution < -0.4 is 0 Å². The van der Waals surface area contributed by atoms with Crippen LogP contribution >= 0.6 is 0 Å². The highest BCUT2D eigenvalue weighted by atomic mass is 15.3. The number of nitrogens with zero attached hydrogens (tertiary/aromatic N) is 3. The van der Waals surface area contributed by atoms with E-state index in [1.165, 1.54) is 56.6 Å². The van der Waals surface area contributed by atoms with E-state index >= 15 is 0 Å². The number of aromatic nitrogens is 1. The van der Waals surface area contributed by atoms with Gasteiger partial charge in [0.05, 0.1) is 0 Å². The molecule has 1 atom stereocenters. The van der Waals surface area contributed by atoms with Gasteiger partial charge in [0, 0.05) is 49.7 Å². The topological polar surface area (TPSA) is 19.4 Å². The molecule has 1 aromatic heterocycles. The lowest BCUT2D eigenvalue weighted by Crippen LogP contribution is -2.46. The van der Waals surface area contributed by atoms with Crippen molar-refractivity contribution in [3.05, 3.63) is 53.3 Å². The molecule has 4 rings (SSSR count). The Morgan fingerprint density at radius 1 is 1.00 bits per heavy atom. The summed E-state index contributed by atoms with van der Waals surface area (Å²) in [5.74, 6) is 0. The molecule has 3 heteroatoms. The summed E-state index contributed by atoms with van der Waals surface area (Å²) < 4.78 is 0. The quantitative estimate of drug-likeness (QED) is 0.841. The summed E-state index contributed by atoms with van der Waals surface area (Å²) in [6.45, 7) is 6.80. The van der Waals surface area contributed by atoms with Crippen molar-refractivity contribution in [3.63, 3.8) is 0 Å². The summed E-state index contributed by atoms with van der Waals surface area (Å²) in [5.41, 5.74) is 6.72. The first-order valence-electron chi connectivity index (χ1n) is 9.19. The van der Waals surface area contributed by atoms with Gasteiger partial charge in [0.25, 0.3) is 0 Å². The van der Waals surface area contributed by atoms with Gasteiger partial charge in [-0.2, -0.15) is 0 Å². The van der Waals surface area contributed by atoms with E-state index in [0.29, 0.717) is 6.04 Å². The summed E-state index contributed by atoms with van der Waals surface area (Å²) in [5, 5.41) is 0. The minimum absolute atomic E-state index is 0.598. The van der Waals surface area contributed by atoms with Crippen LogP contribution in [0, 0.1) is 6.92 Å². The van der Waals surface area contributed by atoms with Crippen molar-refractivity contribution in [2.45, 2.75) is 32.2 Å². The summed E-state index contributed by atoms with van der Waals surface area (Å²) in [6, 6.07) is 12.0. The first-order chi connectivity index (χ1) is 11.7. The zero-order chi connectivity index (χ0) is 16.5.